The van der Waals surface area contributed by atoms with Crippen molar-refractivity contribution in [1.82, 2.24) is 9.80 Å². The zero-order valence-corrected chi connectivity index (χ0v) is 24.9. The highest BCUT2D eigenvalue weighted by Crippen LogP contribution is 2.59. The molecular formula is C33H45N3O5. The molecule has 0 saturated carbocycles. The monoisotopic (exact) mass is 563 g/mol. The Labute approximate surface area is 244 Å². The highest BCUT2D eigenvalue weighted by atomic mass is 16.5. The van der Waals surface area contributed by atoms with Gasteiger partial charge in [-0.1, -0.05) is 83.0 Å². The fourth-order valence-corrected chi connectivity index (χ4v) is 7.55. The fourth-order valence-electron chi connectivity index (χ4n) is 7.55. The van der Waals surface area contributed by atoms with Crippen molar-refractivity contribution in [2.24, 2.45) is 17.8 Å². The smallest absolute Gasteiger partial charge is 0.249 e. The van der Waals surface area contributed by atoms with Crippen molar-refractivity contribution in [3.05, 3.63) is 54.6 Å². The van der Waals surface area contributed by atoms with Gasteiger partial charge in [-0.05, 0) is 37.3 Å². The molecule has 0 bridgehead atoms. The van der Waals surface area contributed by atoms with Gasteiger partial charge in [-0.15, -0.1) is 0 Å². The Morgan fingerprint density at radius 3 is 2.34 bits per heavy atom. The molecule has 222 valence electrons. The predicted octanol–water partition coefficient (Wildman–Crippen LogP) is 3.95. The van der Waals surface area contributed by atoms with Crippen LogP contribution in [0.1, 0.15) is 59.8 Å². The third kappa shape index (κ3) is 4.83. The van der Waals surface area contributed by atoms with Crippen molar-refractivity contribution in [2.45, 2.75) is 83.1 Å². The zero-order valence-electron chi connectivity index (χ0n) is 24.9. The van der Waals surface area contributed by atoms with E-state index in [0.717, 1.165) is 24.9 Å². The lowest BCUT2D eigenvalue weighted by molar-refractivity contribution is -0.156. The van der Waals surface area contributed by atoms with Gasteiger partial charge >= 0.3 is 0 Å². The van der Waals surface area contributed by atoms with Crippen LogP contribution in [0, 0.1) is 17.8 Å². The van der Waals surface area contributed by atoms with E-state index in [1.165, 1.54) is 0 Å². The van der Waals surface area contributed by atoms with Crippen LogP contribution in [0.2, 0.25) is 0 Å². The Kier molecular flexibility index (Phi) is 8.44. The molecule has 1 spiro atoms. The first-order valence-corrected chi connectivity index (χ1v) is 15.4. The lowest BCUT2D eigenvalue weighted by atomic mass is 9.73. The van der Waals surface area contributed by atoms with Crippen LogP contribution >= 0.6 is 0 Å². The number of unbranched alkanes of at least 4 members (excludes halogenated alkanes) is 2. The Morgan fingerprint density at radius 1 is 0.951 bits per heavy atom. The Hall–Kier alpha value is -2.97. The van der Waals surface area contributed by atoms with Crippen LogP contribution in [0.4, 0.5) is 5.69 Å². The van der Waals surface area contributed by atoms with Crippen LogP contribution in [0.5, 0.6) is 0 Å². The highest BCUT2D eigenvalue weighted by molar-refractivity contribution is 6.04. The second-order valence-corrected chi connectivity index (χ2v) is 12.4. The van der Waals surface area contributed by atoms with E-state index in [4.69, 9.17) is 4.74 Å². The molecule has 0 aromatic heterocycles. The Morgan fingerprint density at radius 2 is 1.68 bits per heavy atom. The maximum absolute atomic E-state index is 14.7. The summed E-state index contributed by atoms with van der Waals surface area (Å²) in [5, 5.41) is 10.6. The van der Waals surface area contributed by atoms with Crippen molar-refractivity contribution in [1.29, 1.82) is 0 Å². The summed E-state index contributed by atoms with van der Waals surface area (Å²) in [7, 11) is 0. The van der Waals surface area contributed by atoms with E-state index in [0.29, 0.717) is 32.5 Å². The molecule has 0 aliphatic carbocycles. The van der Waals surface area contributed by atoms with E-state index < -0.39 is 35.1 Å². The minimum Gasteiger partial charge on any atom is -0.394 e. The predicted molar refractivity (Wildman–Crippen MR) is 158 cm³/mol. The Bertz CT molecular complexity index is 1200. The molecule has 1 aromatic carbocycles. The number of hydrogen-bond donors (Lipinski definition) is 1. The van der Waals surface area contributed by atoms with Gasteiger partial charge in [-0.3, -0.25) is 14.4 Å². The summed E-state index contributed by atoms with van der Waals surface area (Å²) in [6.07, 6.45) is 11.7. The van der Waals surface area contributed by atoms with Crippen molar-refractivity contribution >= 4 is 23.4 Å². The molecule has 4 aliphatic heterocycles. The summed E-state index contributed by atoms with van der Waals surface area (Å²) >= 11 is 0. The number of aliphatic hydroxyl groups is 1. The third-order valence-corrected chi connectivity index (χ3v) is 9.41. The second kappa shape index (κ2) is 11.7. The molecule has 1 unspecified atom stereocenters. The molecule has 2 fully saturated rings. The fraction of sp³-hybridized carbons (Fsp3) is 0.606. The molecule has 2 saturated heterocycles. The number of likely N-dealkylation sites (tertiary alicyclic amines) is 1. The third-order valence-electron chi connectivity index (χ3n) is 9.41. The van der Waals surface area contributed by atoms with Crippen molar-refractivity contribution < 1.29 is 24.2 Å². The number of benzene rings is 1. The van der Waals surface area contributed by atoms with Gasteiger partial charge in [-0.2, -0.15) is 0 Å². The molecule has 8 nitrogen and oxygen atoms in total. The van der Waals surface area contributed by atoms with E-state index in [1.54, 1.807) is 9.80 Å². The molecule has 6 atom stereocenters. The van der Waals surface area contributed by atoms with Crippen LogP contribution in [0.3, 0.4) is 0 Å². The first kappa shape index (κ1) is 29.5. The summed E-state index contributed by atoms with van der Waals surface area (Å²) < 4.78 is 7.06. The summed E-state index contributed by atoms with van der Waals surface area (Å²) in [5.74, 6) is -2.11. The standard InChI is InChI=1S/C33H45N3O5/c1-5-7-11-18-34-19-13-17-33-27(30(39)36(28(33)31(34)40)25(22-37)21-23(3)4)26-29(38)35(24-14-9-8-10-15-24)20-12-16-32(26,6-2)41-33/h8-10,12-17,23,25-28,37H,5-7,11,18-22H2,1-4H3/t25-,26-,27+,28?,32+,33+/m1/s1. The van der Waals surface area contributed by atoms with E-state index in [-0.39, 0.29) is 30.2 Å². The normalized spacial score (nSPS) is 31.8. The molecular weight excluding hydrogens is 518 g/mol. The van der Waals surface area contributed by atoms with Crippen LogP contribution in [-0.4, -0.2) is 82.2 Å². The number of carbonyl (C=O) groups is 3. The number of rotatable bonds is 10. The van der Waals surface area contributed by atoms with Crippen molar-refractivity contribution in [2.75, 3.05) is 31.1 Å². The molecule has 1 aromatic rings. The lowest BCUT2D eigenvalue weighted by Crippen LogP contribution is -2.59. The van der Waals surface area contributed by atoms with Crippen molar-refractivity contribution in [3.63, 3.8) is 0 Å². The minimum atomic E-state index is -1.31. The topological polar surface area (TPSA) is 90.4 Å². The maximum atomic E-state index is 14.7. The second-order valence-electron chi connectivity index (χ2n) is 12.4. The zero-order chi connectivity index (χ0) is 29.4. The molecule has 41 heavy (non-hydrogen) atoms. The van der Waals surface area contributed by atoms with Gasteiger partial charge in [-0.25, -0.2) is 0 Å². The first-order valence-electron chi connectivity index (χ1n) is 15.4. The van der Waals surface area contributed by atoms with E-state index in [2.05, 4.69) is 6.92 Å². The van der Waals surface area contributed by atoms with Crippen LogP contribution in [0.25, 0.3) is 0 Å². The Balaban J connectivity index is 1.64. The maximum Gasteiger partial charge on any atom is 0.249 e. The number of carbonyl (C=O) groups excluding carboxylic acids is 3. The number of nitrogens with zero attached hydrogens (tertiary/aromatic N) is 3. The molecule has 3 amide bonds. The van der Waals surface area contributed by atoms with Crippen LogP contribution in [0.15, 0.2) is 54.6 Å². The average Bonchev–Trinajstić information content (AvgIpc) is 3.26. The minimum absolute atomic E-state index is 0.164. The molecule has 5 rings (SSSR count). The summed E-state index contributed by atoms with van der Waals surface area (Å²) in [6.45, 7) is 9.32. The lowest BCUT2D eigenvalue weighted by Gasteiger charge is -2.41. The van der Waals surface area contributed by atoms with Gasteiger partial charge in [0.1, 0.15) is 11.6 Å². The summed E-state index contributed by atoms with van der Waals surface area (Å²) in [5.41, 5.74) is -1.57. The molecule has 0 radical (unpaired) electrons. The van der Waals surface area contributed by atoms with Gasteiger partial charge in [0.2, 0.25) is 17.7 Å². The number of aliphatic hydroxyl groups excluding tert-OH is 1. The van der Waals surface area contributed by atoms with Crippen molar-refractivity contribution in [3.8, 4) is 0 Å². The molecule has 4 heterocycles. The molecule has 4 aliphatic rings. The highest BCUT2D eigenvalue weighted by Gasteiger charge is 2.75. The van der Waals surface area contributed by atoms with Gasteiger partial charge in [0.05, 0.1) is 30.1 Å². The number of fused-ring (bicyclic) bond motifs is 2. The quantitative estimate of drug-likeness (QED) is 0.344. The van der Waals surface area contributed by atoms with E-state index in [9.17, 15) is 19.5 Å². The van der Waals surface area contributed by atoms with Crippen LogP contribution < -0.4 is 4.90 Å². The molecule has 8 heteroatoms. The van der Waals surface area contributed by atoms with E-state index >= 15 is 0 Å². The van der Waals surface area contributed by atoms with Crippen LogP contribution in [-0.2, 0) is 19.1 Å². The van der Waals surface area contributed by atoms with Gasteiger partial charge in [0.15, 0.2) is 0 Å². The average molecular weight is 564 g/mol. The number of ether oxygens (including phenoxy) is 1. The van der Waals surface area contributed by atoms with Gasteiger partial charge < -0.3 is 24.5 Å². The molecule has 1 N–H and O–H groups in total. The van der Waals surface area contributed by atoms with Gasteiger partial charge in [0.25, 0.3) is 0 Å². The number of anilines is 1. The summed E-state index contributed by atoms with van der Waals surface area (Å²) in [6, 6.07) is 8.00. The largest absolute Gasteiger partial charge is 0.394 e. The van der Waals surface area contributed by atoms with E-state index in [1.807, 2.05) is 80.3 Å². The first-order chi connectivity index (χ1) is 19.7. The number of para-hydroxylation sites is 1. The number of hydrogen-bond acceptors (Lipinski definition) is 5. The van der Waals surface area contributed by atoms with Gasteiger partial charge in [0, 0.05) is 25.3 Å². The number of amides is 3. The summed E-state index contributed by atoms with van der Waals surface area (Å²) in [4.78, 5) is 48.9. The SMILES string of the molecule is CCCCCN1CC=C[C@]23O[C@@]4(CC)C=CCN(c5ccccc5)C(=O)[C@H]4[C@H]2C(=O)N([C@@H](CO)CC(C)C)C3C1=O.